The molecule has 110 valence electrons. The Balaban J connectivity index is 1.68. The Morgan fingerprint density at radius 3 is 2.70 bits per heavy atom. The summed E-state index contributed by atoms with van der Waals surface area (Å²) >= 11 is 0. The van der Waals surface area contributed by atoms with Crippen molar-refractivity contribution >= 4 is 15.7 Å². The van der Waals surface area contributed by atoms with Crippen molar-refractivity contribution in [3.63, 3.8) is 0 Å². The third-order valence-corrected chi connectivity index (χ3v) is 6.12. The van der Waals surface area contributed by atoms with Gasteiger partial charge in [-0.2, -0.15) is 0 Å². The quantitative estimate of drug-likeness (QED) is 0.836. The van der Waals surface area contributed by atoms with E-state index in [4.69, 9.17) is 5.73 Å². The highest BCUT2D eigenvalue weighted by Crippen LogP contribution is 2.48. The van der Waals surface area contributed by atoms with Crippen LogP contribution in [0.1, 0.15) is 25.7 Å². The summed E-state index contributed by atoms with van der Waals surface area (Å²) in [6, 6.07) is 3.49. The molecule has 0 heterocycles. The number of hydrogen-bond acceptors (Lipinski definition) is 3. The summed E-state index contributed by atoms with van der Waals surface area (Å²) in [5.41, 5.74) is 5.27. The lowest BCUT2D eigenvalue weighted by Crippen LogP contribution is -2.31. The Bertz CT molecular complexity index is 618. The first-order valence-corrected chi connectivity index (χ1v) is 8.49. The largest absolute Gasteiger partial charge is 0.396 e. The van der Waals surface area contributed by atoms with Crippen LogP contribution in [0.25, 0.3) is 0 Å². The van der Waals surface area contributed by atoms with E-state index in [1.807, 2.05) is 0 Å². The maximum absolute atomic E-state index is 13.1. The van der Waals surface area contributed by atoms with Gasteiger partial charge in [-0.05, 0) is 55.2 Å². The second-order valence-corrected chi connectivity index (χ2v) is 7.74. The summed E-state index contributed by atoms with van der Waals surface area (Å²) in [5.74, 6) is 1.30. The highest BCUT2D eigenvalue weighted by molar-refractivity contribution is 7.89. The molecule has 2 saturated carbocycles. The zero-order valence-corrected chi connectivity index (χ0v) is 12.0. The molecule has 4 nitrogen and oxygen atoms in total. The predicted molar refractivity (Wildman–Crippen MR) is 74.9 cm³/mol. The fourth-order valence-corrected chi connectivity index (χ4v) is 4.75. The number of sulfonamides is 1. The van der Waals surface area contributed by atoms with E-state index in [1.165, 1.54) is 31.4 Å². The van der Waals surface area contributed by atoms with Gasteiger partial charge in [-0.1, -0.05) is 6.42 Å². The molecule has 3 rings (SSSR count). The molecule has 0 aliphatic heterocycles. The molecule has 3 atom stereocenters. The van der Waals surface area contributed by atoms with Gasteiger partial charge >= 0.3 is 0 Å². The van der Waals surface area contributed by atoms with Crippen molar-refractivity contribution in [2.24, 2.45) is 17.8 Å². The first kappa shape index (κ1) is 13.8. The van der Waals surface area contributed by atoms with E-state index < -0.39 is 15.8 Å². The van der Waals surface area contributed by atoms with Crippen molar-refractivity contribution in [1.82, 2.24) is 4.72 Å². The van der Waals surface area contributed by atoms with Gasteiger partial charge in [0, 0.05) is 6.54 Å². The van der Waals surface area contributed by atoms with Gasteiger partial charge in [0.1, 0.15) is 5.82 Å². The summed E-state index contributed by atoms with van der Waals surface area (Å²) in [4.78, 5) is 0.0274. The minimum absolute atomic E-state index is 0.0274. The Morgan fingerprint density at radius 2 is 2.10 bits per heavy atom. The van der Waals surface area contributed by atoms with Crippen molar-refractivity contribution in [3.8, 4) is 0 Å². The van der Waals surface area contributed by atoms with E-state index in [1.54, 1.807) is 0 Å². The average molecular weight is 298 g/mol. The van der Waals surface area contributed by atoms with Crippen LogP contribution in [0.3, 0.4) is 0 Å². The van der Waals surface area contributed by atoms with Crippen molar-refractivity contribution < 1.29 is 12.8 Å². The molecule has 3 N–H and O–H groups in total. The second-order valence-electron chi connectivity index (χ2n) is 5.97. The van der Waals surface area contributed by atoms with Crippen LogP contribution in [-0.2, 0) is 10.0 Å². The van der Waals surface area contributed by atoms with Gasteiger partial charge in [0.05, 0.1) is 10.6 Å². The molecule has 1 aromatic rings. The number of benzene rings is 1. The van der Waals surface area contributed by atoms with E-state index in [-0.39, 0.29) is 10.6 Å². The van der Waals surface area contributed by atoms with Crippen molar-refractivity contribution in [2.75, 3.05) is 12.3 Å². The highest BCUT2D eigenvalue weighted by Gasteiger charge is 2.39. The zero-order valence-electron chi connectivity index (χ0n) is 11.2. The summed E-state index contributed by atoms with van der Waals surface area (Å²) in [6.45, 7) is 0.473. The van der Waals surface area contributed by atoms with E-state index in [0.29, 0.717) is 18.4 Å². The van der Waals surface area contributed by atoms with Gasteiger partial charge in [-0.25, -0.2) is 17.5 Å². The molecule has 2 aliphatic carbocycles. The van der Waals surface area contributed by atoms with E-state index in [0.717, 1.165) is 18.4 Å². The molecule has 1 aromatic carbocycles. The van der Waals surface area contributed by atoms with Crippen molar-refractivity contribution in [2.45, 2.75) is 30.6 Å². The molecule has 0 spiro atoms. The van der Waals surface area contributed by atoms with Crippen LogP contribution in [-0.4, -0.2) is 15.0 Å². The number of hydrogen-bond donors (Lipinski definition) is 2. The minimum atomic E-state index is -3.60. The van der Waals surface area contributed by atoms with E-state index in [9.17, 15) is 12.8 Å². The zero-order chi connectivity index (χ0) is 14.3. The Morgan fingerprint density at radius 1 is 1.30 bits per heavy atom. The molecule has 2 aliphatic rings. The first-order valence-electron chi connectivity index (χ1n) is 7.00. The van der Waals surface area contributed by atoms with Crippen LogP contribution in [0.2, 0.25) is 0 Å². The lowest BCUT2D eigenvalue weighted by atomic mass is 9.89. The topological polar surface area (TPSA) is 72.2 Å². The Hall–Kier alpha value is -1.14. The molecule has 20 heavy (non-hydrogen) atoms. The fraction of sp³-hybridized carbons (Fsp3) is 0.571. The molecule has 0 saturated heterocycles. The molecule has 6 heteroatoms. The molecule has 3 unspecified atom stereocenters. The summed E-state index contributed by atoms with van der Waals surface area (Å²) in [6.07, 6.45) is 4.89. The minimum Gasteiger partial charge on any atom is -0.396 e. The Labute approximate surface area is 118 Å². The van der Waals surface area contributed by atoms with Crippen LogP contribution in [0, 0.1) is 23.6 Å². The van der Waals surface area contributed by atoms with E-state index in [2.05, 4.69) is 4.72 Å². The van der Waals surface area contributed by atoms with Crippen LogP contribution >= 0.6 is 0 Å². The number of nitrogen functional groups attached to an aromatic ring is 1. The summed E-state index contributed by atoms with van der Waals surface area (Å²) in [5, 5.41) is 0. The molecule has 0 radical (unpaired) electrons. The highest BCUT2D eigenvalue weighted by atomic mass is 32.2. The molecular weight excluding hydrogens is 279 g/mol. The monoisotopic (exact) mass is 298 g/mol. The lowest BCUT2D eigenvalue weighted by Gasteiger charge is -2.21. The number of halogens is 1. The van der Waals surface area contributed by atoms with Crippen LogP contribution in [0.5, 0.6) is 0 Å². The van der Waals surface area contributed by atoms with Gasteiger partial charge in [-0.15, -0.1) is 0 Å². The SMILES string of the molecule is Nc1cc(S(=O)(=O)NCC2CC3CCC2C3)ccc1F. The third-order valence-electron chi connectivity index (χ3n) is 4.70. The number of nitrogens with one attached hydrogen (secondary N) is 1. The summed E-state index contributed by atoms with van der Waals surface area (Å²) < 4.78 is 40.1. The number of nitrogens with two attached hydrogens (primary N) is 1. The van der Waals surface area contributed by atoms with Crippen molar-refractivity contribution in [3.05, 3.63) is 24.0 Å². The average Bonchev–Trinajstić information content (AvgIpc) is 3.02. The standard InChI is InChI=1S/C14H19FN2O2S/c15-13-4-3-12(7-14(13)16)20(18,19)17-8-11-6-9-1-2-10(11)5-9/h3-4,7,9-11,17H,1-2,5-6,8,16H2. The van der Waals surface area contributed by atoms with Crippen LogP contribution in [0.15, 0.2) is 23.1 Å². The maximum atomic E-state index is 13.1. The molecule has 2 bridgehead atoms. The lowest BCUT2D eigenvalue weighted by molar-refractivity contribution is 0.333. The normalized spacial score (nSPS) is 28.9. The Kier molecular flexibility index (Phi) is 3.46. The number of rotatable bonds is 4. The van der Waals surface area contributed by atoms with Crippen LogP contribution in [0.4, 0.5) is 10.1 Å². The van der Waals surface area contributed by atoms with Gasteiger partial charge in [0.25, 0.3) is 0 Å². The third kappa shape index (κ3) is 2.54. The van der Waals surface area contributed by atoms with Crippen molar-refractivity contribution in [1.29, 1.82) is 0 Å². The molecule has 2 fully saturated rings. The van der Waals surface area contributed by atoms with Gasteiger partial charge in [0.15, 0.2) is 0 Å². The molecule has 0 aromatic heterocycles. The van der Waals surface area contributed by atoms with E-state index >= 15 is 0 Å². The smallest absolute Gasteiger partial charge is 0.240 e. The fourth-order valence-electron chi connectivity index (χ4n) is 3.62. The number of anilines is 1. The molecular formula is C14H19FN2O2S. The first-order chi connectivity index (χ1) is 9.45. The predicted octanol–water partition coefficient (Wildman–Crippen LogP) is 2.12. The number of fused-ring (bicyclic) bond motifs is 2. The van der Waals surface area contributed by atoms with Crippen LogP contribution < -0.4 is 10.5 Å². The molecule has 0 amide bonds. The maximum Gasteiger partial charge on any atom is 0.240 e. The van der Waals surface area contributed by atoms with Gasteiger partial charge in [0.2, 0.25) is 10.0 Å². The second kappa shape index (κ2) is 5.00. The van der Waals surface area contributed by atoms with Gasteiger partial charge in [-0.3, -0.25) is 0 Å². The summed E-state index contributed by atoms with van der Waals surface area (Å²) in [7, 11) is -3.60. The van der Waals surface area contributed by atoms with Gasteiger partial charge < -0.3 is 5.73 Å².